The summed E-state index contributed by atoms with van der Waals surface area (Å²) in [6.45, 7) is 1.80. The zero-order chi connectivity index (χ0) is 12.5. The van der Waals surface area contributed by atoms with E-state index in [0.29, 0.717) is 11.4 Å². The molecule has 90 valence electrons. The number of hydrogen-bond acceptors (Lipinski definition) is 3. The average Bonchev–Trinajstić information content (AvgIpc) is 2.97. The molecule has 3 rings (SSSR count). The van der Waals surface area contributed by atoms with Crippen molar-refractivity contribution in [2.45, 2.75) is 6.92 Å². The second-order valence-corrected chi connectivity index (χ2v) is 4.03. The Morgan fingerprint density at radius 2 is 2.28 bits per heavy atom. The van der Waals surface area contributed by atoms with E-state index in [0.717, 1.165) is 16.6 Å². The van der Waals surface area contributed by atoms with Gasteiger partial charge in [-0.15, -0.1) is 0 Å². The van der Waals surface area contributed by atoms with E-state index in [2.05, 4.69) is 15.5 Å². The summed E-state index contributed by atoms with van der Waals surface area (Å²) >= 11 is 0. The number of benzene rings is 1. The zero-order valence-electron chi connectivity index (χ0n) is 9.73. The van der Waals surface area contributed by atoms with Gasteiger partial charge in [0.05, 0.1) is 5.69 Å². The molecule has 0 bridgehead atoms. The highest BCUT2D eigenvalue weighted by molar-refractivity contribution is 6.12. The molecule has 0 aliphatic carbocycles. The first-order valence-electron chi connectivity index (χ1n) is 5.55. The van der Waals surface area contributed by atoms with Crippen LogP contribution < -0.4 is 5.32 Å². The Balaban J connectivity index is 1.94. The predicted molar refractivity (Wildman–Crippen MR) is 67.5 cm³/mol. The molecule has 5 nitrogen and oxygen atoms in total. The summed E-state index contributed by atoms with van der Waals surface area (Å²) in [5, 5.41) is 7.28. The number of aromatic nitrogens is 2. The molecule has 0 spiro atoms. The molecule has 0 fully saturated rings. The standard InChI is InChI=1S/C13H11N3O2/c1-8-7-12(18-16-8)15-13(17)10-3-2-4-11-9(10)5-6-14-11/h2-7,14H,1H3,(H,15,17). The minimum absolute atomic E-state index is 0.212. The molecule has 0 saturated heterocycles. The number of aryl methyl sites for hydroxylation is 1. The van der Waals surface area contributed by atoms with Gasteiger partial charge >= 0.3 is 0 Å². The smallest absolute Gasteiger partial charge is 0.258 e. The van der Waals surface area contributed by atoms with Gasteiger partial charge in [0.25, 0.3) is 5.91 Å². The molecule has 2 N–H and O–H groups in total. The van der Waals surface area contributed by atoms with Gasteiger partial charge < -0.3 is 9.51 Å². The van der Waals surface area contributed by atoms with Crippen molar-refractivity contribution in [2.24, 2.45) is 0 Å². The lowest BCUT2D eigenvalue weighted by atomic mass is 10.1. The van der Waals surface area contributed by atoms with Crippen molar-refractivity contribution in [3.63, 3.8) is 0 Å². The second kappa shape index (κ2) is 4.03. The monoisotopic (exact) mass is 241 g/mol. The van der Waals surface area contributed by atoms with E-state index in [1.54, 1.807) is 25.3 Å². The van der Waals surface area contributed by atoms with Gasteiger partial charge in [0.2, 0.25) is 5.88 Å². The van der Waals surface area contributed by atoms with E-state index in [4.69, 9.17) is 4.52 Å². The Kier molecular flexibility index (Phi) is 2.37. The van der Waals surface area contributed by atoms with Crippen molar-refractivity contribution in [1.82, 2.24) is 10.1 Å². The number of nitrogens with zero attached hydrogens (tertiary/aromatic N) is 1. The lowest BCUT2D eigenvalue weighted by Gasteiger charge is -2.02. The minimum Gasteiger partial charge on any atom is -0.361 e. The SMILES string of the molecule is Cc1cc(NC(=O)c2cccc3[nH]ccc23)on1. The number of amides is 1. The first-order chi connectivity index (χ1) is 8.74. The van der Waals surface area contributed by atoms with Crippen molar-refractivity contribution in [2.75, 3.05) is 5.32 Å². The molecule has 5 heteroatoms. The maximum atomic E-state index is 12.1. The van der Waals surface area contributed by atoms with Crippen molar-refractivity contribution in [3.05, 3.63) is 47.8 Å². The van der Waals surface area contributed by atoms with Gasteiger partial charge in [-0.1, -0.05) is 11.2 Å². The number of H-pyrrole nitrogens is 1. The fourth-order valence-electron chi connectivity index (χ4n) is 1.89. The second-order valence-electron chi connectivity index (χ2n) is 4.03. The summed E-state index contributed by atoms with van der Waals surface area (Å²) in [7, 11) is 0. The summed E-state index contributed by atoms with van der Waals surface area (Å²) in [5.41, 5.74) is 2.25. The van der Waals surface area contributed by atoms with E-state index in [-0.39, 0.29) is 5.91 Å². The van der Waals surface area contributed by atoms with Crippen LogP contribution in [0.3, 0.4) is 0 Å². The van der Waals surface area contributed by atoms with E-state index in [1.165, 1.54) is 0 Å². The van der Waals surface area contributed by atoms with E-state index >= 15 is 0 Å². The van der Waals surface area contributed by atoms with E-state index in [1.807, 2.05) is 18.2 Å². The normalized spacial score (nSPS) is 10.7. The van der Waals surface area contributed by atoms with Crippen LogP contribution in [0, 0.1) is 6.92 Å². The third-order valence-corrected chi connectivity index (χ3v) is 2.70. The highest BCUT2D eigenvalue weighted by Gasteiger charge is 2.12. The lowest BCUT2D eigenvalue weighted by Crippen LogP contribution is -2.11. The number of hydrogen-bond donors (Lipinski definition) is 2. The number of nitrogens with one attached hydrogen (secondary N) is 2. The molecular formula is C13H11N3O2. The lowest BCUT2D eigenvalue weighted by molar-refractivity contribution is 0.102. The van der Waals surface area contributed by atoms with Crippen LogP contribution >= 0.6 is 0 Å². The average molecular weight is 241 g/mol. The molecule has 0 radical (unpaired) electrons. The number of fused-ring (bicyclic) bond motifs is 1. The van der Waals surface area contributed by atoms with Crippen LogP contribution in [0.2, 0.25) is 0 Å². The molecule has 2 aromatic heterocycles. The Bertz CT molecular complexity index is 712. The van der Waals surface area contributed by atoms with Crippen LogP contribution in [-0.2, 0) is 0 Å². The maximum Gasteiger partial charge on any atom is 0.258 e. The molecule has 1 aromatic carbocycles. The van der Waals surface area contributed by atoms with Crippen LogP contribution in [0.15, 0.2) is 41.1 Å². The Hall–Kier alpha value is -2.56. The molecule has 18 heavy (non-hydrogen) atoms. The first-order valence-corrected chi connectivity index (χ1v) is 5.55. The van der Waals surface area contributed by atoms with Crippen LogP contribution in [0.1, 0.15) is 16.1 Å². The summed E-state index contributed by atoms with van der Waals surface area (Å²) < 4.78 is 4.96. The number of rotatable bonds is 2. The highest BCUT2D eigenvalue weighted by Crippen LogP contribution is 2.19. The van der Waals surface area contributed by atoms with Crippen molar-refractivity contribution in [3.8, 4) is 0 Å². The Labute approximate surface area is 103 Å². The van der Waals surface area contributed by atoms with Gasteiger partial charge in [0, 0.05) is 28.7 Å². The Morgan fingerprint density at radius 1 is 1.39 bits per heavy atom. The van der Waals surface area contributed by atoms with Gasteiger partial charge in [-0.3, -0.25) is 10.1 Å². The highest BCUT2D eigenvalue weighted by atomic mass is 16.5. The van der Waals surface area contributed by atoms with Crippen LogP contribution in [0.5, 0.6) is 0 Å². The van der Waals surface area contributed by atoms with Gasteiger partial charge in [0.1, 0.15) is 0 Å². The zero-order valence-corrected chi connectivity index (χ0v) is 9.73. The van der Waals surface area contributed by atoms with E-state index in [9.17, 15) is 4.79 Å². The third-order valence-electron chi connectivity index (χ3n) is 2.70. The topological polar surface area (TPSA) is 70.9 Å². The largest absolute Gasteiger partial charge is 0.361 e. The van der Waals surface area contributed by atoms with Crippen molar-refractivity contribution < 1.29 is 9.32 Å². The Morgan fingerprint density at radius 3 is 3.06 bits per heavy atom. The fourth-order valence-corrected chi connectivity index (χ4v) is 1.89. The molecule has 2 heterocycles. The van der Waals surface area contributed by atoms with Crippen molar-refractivity contribution >= 4 is 22.7 Å². The molecule has 3 aromatic rings. The van der Waals surface area contributed by atoms with Crippen LogP contribution in [0.4, 0.5) is 5.88 Å². The molecule has 0 aliphatic heterocycles. The van der Waals surface area contributed by atoms with Gasteiger partial charge in [-0.05, 0) is 25.1 Å². The van der Waals surface area contributed by atoms with Crippen LogP contribution in [0.25, 0.3) is 10.9 Å². The predicted octanol–water partition coefficient (Wildman–Crippen LogP) is 2.72. The number of aromatic amines is 1. The first kappa shape index (κ1) is 10.6. The van der Waals surface area contributed by atoms with Gasteiger partial charge in [0.15, 0.2) is 0 Å². The third kappa shape index (κ3) is 1.75. The molecule has 0 atom stereocenters. The fraction of sp³-hybridized carbons (Fsp3) is 0.0769. The van der Waals surface area contributed by atoms with Crippen LogP contribution in [-0.4, -0.2) is 16.0 Å². The quantitative estimate of drug-likeness (QED) is 0.724. The summed E-state index contributed by atoms with van der Waals surface area (Å²) in [5.74, 6) is 0.140. The van der Waals surface area contributed by atoms with E-state index < -0.39 is 0 Å². The minimum atomic E-state index is -0.212. The molecule has 1 amide bonds. The van der Waals surface area contributed by atoms with Gasteiger partial charge in [-0.25, -0.2) is 0 Å². The number of carbonyl (C=O) groups excluding carboxylic acids is 1. The number of carbonyl (C=O) groups is 1. The maximum absolute atomic E-state index is 12.1. The molecule has 0 aliphatic rings. The summed E-state index contributed by atoms with van der Waals surface area (Å²) in [6.07, 6.45) is 1.81. The molecule has 0 saturated carbocycles. The summed E-state index contributed by atoms with van der Waals surface area (Å²) in [4.78, 5) is 15.2. The number of anilines is 1. The van der Waals surface area contributed by atoms with Gasteiger partial charge in [-0.2, -0.15) is 0 Å². The molecule has 0 unspecified atom stereocenters. The molecular weight excluding hydrogens is 230 g/mol. The summed E-state index contributed by atoms with van der Waals surface area (Å²) in [6, 6.07) is 9.07. The van der Waals surface area contributed by atoms with Crippen molar-refractivity contribution in [1.29, 1.82) is 0 Å².